The average Bonchev–Trinajstić information content (AvgIpc) is 3.20. The largest absolute Gasteiger partial charge is 0.481 e. The Bertz CT molecular complexity index is 1140. The van der Waals surface area contributed by atoms with Crippen molar-refractivity contribution in [2.45, 2.75) is 65.0 Å². The quantitative estimate of drug-likeness (QED) is 0.507. The first-order chi connectivity index (χ1) is 17.6. The minimum Gasteiger partial charge on any atom is -0.481 e. The Morgan fingerprint density at radius 1 is 1.03 bits per heavy atom. The van der Waals surface area contributed by atoms with Gasteiger partial charge >= 0.3 is 12.0 Å². The first kappa shape index (κ1) is 26.6. The third kappa shape index (κ3) is 5.95. The molecule has 4 rings (SSSR count). The standard InChI is InChI=1S/C29H36FN3O4/c1-29(2,3)21-12-14-22(15-13-21)33-25(18-32(28(33)37)24-7-5-4-6-23(24)30)19-8-10-20(11-9-19)27(36)31-17-16-26(34)35/h4-11,21-22,25H,12-18H2,1-3H3,(H,31,36)(H,34,35). The van der Waals surface area contributed by atoms with Gasteiger partial charge in [0, 0.05) is 18.2 Å². The molecule has 2 aromatic rings. The molecule has 198 valence electrons. The van der Waals surface area contributed by atoms with E-state index in [0.29, 0.717) is 18.0 Å². The topological polar surface area (TPSA) is 90.0 Å². The van der Waals surface area contributed by atoms with Crippen molar-refractivity contribution < 1.29 is 23.9 Å². The van der Waals surface area contributed by atoms with Crippen LogP contribution in [0.4, 0.5) is 14.9 Å². The molecule has 1 aliphatic carbocycles. The number of benzene rings is 2. The number of carboxylic acids is 1. The molecule has 2 aromatic carbocycles. The van der Waals surface area contributed by atoms with Gasteiger partial charge in [-0.1, -0.05) is 45.0 Å². The van der Waals surface area contributed by atoms with Crippen molar-refractivity contribution in [2.24, 2.45) is 11.3 Å². The van der Waals surface area contributed by atoms with Gasteiger partial charge in [0.05, 0.1) is 24.7 Å². The van der Waals surface area contributed by atoms with E-state index < -0.39 is 11.8 Å². The molecule has 3 amide bonds. The molecule has 37 heavy (non-hydrogen) atoms. The number of carboxylic acid groups (broad SMARTS) is 1. The molecule has 1 heterocycles. The van der Waals surface area contributed by atoms with Crippen LogP contribution < -0.4 is 10.2 Å². The first-order valence-electron chi connectivity index (χ1n) is 13.0. The summed E-state index contributed by atoms with van der Waals surface area (Å²) in [5.41, 5.74) is 1.80. The van der Waals surface area contributed by atoms with Crippen molar-refractivity contribution in [3.8, 4) is 0 Å². The third-order valence-electron chi connectivity index (χ3n) is 7.78. The number of hydrogen-bond donors (Lipinski definition) is 2. The fourth-order valence-electron chi connectivity index (χ4n) is 5.62. The molecule has 2 N–H and O–H groups in total. The smallest absolute Gasteiger partial charge is 0.325 e. The molecule has 8 heteroatoms. The number of halogens is 1. The molecule has 1 atom stereocenters. The Balaban J connectivity index is 1.57. The zero-order valence-electron chi connectivity index (χ0n) is 21.7. The number of amides is 3. The Kier molecular flexibility index (Phi) is 7.85. The van der Waals surface area contributed by atoms with Gasteiger partial charge < -0.3 is 15.3 Å². The van der Waals surface area contributed by atoms with Crippen LogP contribution in [0.15, 0.2) is 48.5 Å². The third-order valence-corrected chi connectivity index (χ3v) is 7.78. The predicted octanol–water partition coefficient (Wildman–Crippen LogP) is 5.62. The van der Waals surface area contributed by atoms with Crippen molar-refractivity contribution in [2.75, 3.05) is 18.0 Å². The number of hydrogen-bond acceptors (Lipinski definition) is 3. The molecule has 0 bridgehead atoms. The molecule has 0 aromatic heterocycles. The van der Waals surface area contributed by atoms with E-state index in [0.717, 1.165) is 31.2 Å². The van der Waals surface area contributed by atoms with Crippen molar-refractivity contribution in [3.63, 3.8) is 0 Å². The molecule has 0 radical (unpaired) electrons. The van der Waals surface area contributed by atoms with Crippen LogP contribution in [0, 0.1) is 17.2 Å². The molecular formula is C29H36FN3O4. The number of urea groups is 1. The summed E-state index contributed by atoms with van der Waals surface area (Å²) in [5, 5.41) is 11.4. The molecule has 1 saturated carbocycles. The number of anilines is 1. The summed E-state index contributed by atoms with van der Waals surface area (Å²) in [7, 11) is 0. The number of carbonyl (C=O) groups excluding carboxylic acids is 2. The Labute approximate surface area is 217 Å². The van der Waals surface area contributed by atoms with Gasteiger partial charge in [-0.05, 0) is 66.8 Å². The van der Waals surface area contributed by atoms with Crippen LogP contribution in [0.3, 0.4) is 0 Å². The first-order valence-corrected chi connectivity index (χ1v) is 13.0. The van der Waals surface area contributed by atoms with Gasteiger partial charge in [-0.25, -0.2) is 9.18 Å². The number of nitrogens with one attached hydrogen (secondary N) is 1. The van der Waals surface area contributed by atoms with E-state index in [1.807, 2.05) is 17.0 Å². The van der Waals surface area contributed by atoms with E-state index >= 15 is 0 Å². The number of rotatable bonds is 7. The number of para-hydroxylation sites is 1. The van der Waals surface area contributed by atoms with Crippen molar-refractivity contribution in [3.05, 3.63) is 65.5 Å². The van der Waals surface area contributed by atoms with E-state index in [1.54, 1.807) is 30.3 Å². The van der Waals surface area contributed by atoms with Gasteiger partial charge in [0.2, 0.25) is 0 Å². The van der Waals surface area contributed by atoms with Crippen LogP contribution in [-0.4, -0.2) is 47.0 Å². The van der Waals surface area contributed by atoms with E-state index in [1.165, 1.54) is 11.0 Å². The minimum absolute atomic E-state index is 0.0513. The zero-order chi connectivity index (χ0) is 26.7. The van der Waals surface area contributed by atoms with Crippen LogP contribution in [0.1, 0.15) is 74.8 Å². The lowest BCUT2D eigenvalue weighted by molar-refractivity contribution is -0.136. The summed E-state index contributed by atoms with van der Waals surface area (Å²) < 4.78 is 14.7. The van der Waals surface area contributed by atoms with Gasteiger partial charge in [-0.15, -0.1) is 0 Å². The molecule has 1 saturated heterocycles. The number of carbonyl (C=O) groups is 3. The summed E-state index contributed by atoms with van der Waals surface area (Å²) in [5.74, 6) is -1.15. The summed E-state index contributed by atoms with van der Waals surface area (Å²) >= 11 is 0. The molecule has 1 aliphatic heterocycles. The van der Waals surface area contributed by atoms with E-state index in [4.69, 9.17) is 5.11 Å². The number of nitrogens with zero attached hydrogens (tertiary/aromatic N) is 2. The maximum absolute atomic E-state index is 14.7. The van der Waals surface area contributed by atoms with Crippen molar-refractivity contribution in [1.82, 2.24) is 10.2 Å². The summed E-state index contributed by atoms with van der Waals surface area (Å²) in [6, 6.07) is 13.0. The second kappa shape index (κ2) is 10.9. The highest BCUT2D eigenvalue weighted by molar-refractivity contribution is 5.96. The van der Waals surface area contributed by atoms with E-state index in [2.05, 4.69) is 26.1 Å². The lowest BCUT2D eigenvalue weighted by Gasteiger charge is -2.41. The van der Waals surface area contributed by atoms with Crippen LogP contribution in [0.25, 0.3) is 0 Å². The highest BCUT2D eigenvalue weighted by atomic mass is 19.1. The highest BCUT2D eigenvalue weighted by Gasteiger charge is 2.45. The molecule has 2 aliphatic rings. The van der Waals surface area contributed by atoms with Crippen molar-refractivity contribution >= 4 is 23.6 Å². The molecule has 0 spiro atoms. The minimum atomic E-state index is -0.974. The second-order valence-electron chi connectivity index (χ2n) is 11.2. The van der Waals surface area contributed by atoms with Gasteiger partial charge in [0.1, 0.15) is 5.82 Å². The van der Waals surface area contributed by atoms with Gasteiger partial charge in [-0.3, -0.25) is 14.5 Å². The Morgan fingerprint density at radius 2 is 1.68 bits per heavy atom. The SMILES string of the molecule is CC(C)(C)C1CCC(N2C(=O)N(c3ccccc3F)CC2c2ccc(C(=O)NCCC(=O)O)cc2)CC1. The molecular weight excluding hydrogens is 473 g/mol. The average molecular weight is 510 g/mol. The summed E-state index contributed by atoms with van der Waals surface area (Å²) in [6.07, 6.45) is 3.74. The maximum Gasteiger partial charge on any atom is 0.325 e. The number of aliphatic carboxylic acids is 1. The lowest BCUT2D eigenvalue weighted by atomic mass is 9.71. The van der Waals surface area contributed by atoms with Crippen molar-refractivity contribution in [1.29, 1.82) is 0 Å². The zero-order valence-corrected chi connectivity index (χ0v) is 21.7. The highest BCUT2D eigenvalue weighted by Crippen LogP contribution is 2.43. The predicted molar refractivity (Wildman–Crippen MR) is 140 cm³/mol. The normalized spacial score (nSPS) is 22.3. The van der Waals surface area contributed by atoms with Gasteiger partial charge in [-0.2, -0.15) is 0 Å². The molecule has 1 unspecified atom stereocenters. The monoisotopic (exact) mass is 509 g/mol. The Hall–Kier alpha value is -3.42. The fraction of sp³-hybridized carbons (Fsp3) is 0.483. The van der Waals surface area contributed by atoms with Gasteiger partial charge in [0.25, 0.3) is 5.91 Å². The summed E-state index contributed by atoms with van der Waals surface area (Å²) in [6.45, 7) is 7.17. The maximum atomic E-state index is 14.7. The van der Waals surface area contributed by atoms with E-state index in [-0.39, 0.29) is 48.1 Å². The second-order valence-corrected chi connectivity index (χ2v) is 11.2. The molecule has 2 fully saturated rings. The van der Waals surface area contributed by atoms with E-state index in [9.17, 15) is 18.8 Å². The van der Waals surface area contributed by atoms with Crippen LogP contribution in [0.2, 0.25) is 0 Å². The van der Waals surface area contributed by atoms with Crippen LogP contribution in [-0.2, 0) is 4.79 Å². The summed E-state index contributed by atoms with van der Waals surface area (Å²) in [4.78, 5) is 40.3. The van der Waals surface area contributed by atoms with Crippen LogP contribution in [0.5, 0.6) is 0 Å². The Morgan fingerprint density at radius 3 is 2.27 bits per heavy atom. The van der Waals surface area contributed by atoms with Crippen LogP contribution >= 0.6 is 0 Å². The van der Waals surface area contributed by atoms with Gasteiger partial charge in [0.15, 0.2) is 0 Å². The lowest BCUT2D eigenvalue weighted by Crippen LogP contribution is -2.43. The fourth-order valence-corrected chi connectivity index (χ4v) is 5.62. The molecule has 7 nitrogen and oxygen atoms in total.